The summed E-state index contributed by atoms with van der Waals surface area (Å²) in [6.45, 7) is 1.53. The van der Waals surface area contributed by atoms with Crippen molar-refractivity contribution in [3.05, 3.63) is 36.5 Å². The number of nitrogen functional groups attached to an aromatic ring is 1. The molecule has 3 aromatic rings. The highest BCUT2D eigenvalue weighted by molar-refractivity contribution is 5.92. The van der Waals surface area contributed by atoms with Gasteiger partial charge >= 0.3 is 0 Å². The third kappa shape index (κ3) is 2.56. The SMILES string of the molecule is CC(=O)N(C)c1ccc(Nc2nc(N)nc3[nH]ccc23)cc1. The molecule has 0 unspecified atom stereocenters. The smallest absolute Gasteiger partial charge is 0.224 e. The lowest BCUT2D eigenvalue weighted by Gasteiger charge is -2.15. The Kier molecular flexibility index (Phi) is 3.38. The number of carbonyl (C=O) groups excluding carboxylic acids is 1. The molecule has 0 fully saturated rings. The standard InChI is InChI=1S/C15H16N6O/c1-9(22)21(2)11-5-3-10(4-6-11)18-14-12-7-8-17-13(12)19-15(16)20-14/h3-8H,1-2H3,(H4,16,17,18,19,20). The normalized spacial score (nSPS) is 10.6. The van der Waals surface area contributed by atoms with Crippen molar-refractivity contribution in [3.63, 3.8) is 0 Å². The summed E-state index contributed by atoms with van der Waals surface area (Å²) in [5.41, 5.74) is 8.07. The van der Waals surface area contributed by atoms with E-state index in [9.17, 15) is 4.79 Å². The molecule has 2 heterocycles. The van der Waals surface area contributed by atoms with Crippen molar-refractivity contribution in [2.45, 2.75) is 6.92 Å². The van der Waals surface area contributed by atoms with E-state index < -0.39 is 0 Å². The Hall–Kier alpha value is -3.09. The number of fused-ring (bicyclic) bond motifs is 1. The number of rotatable bonds is 3. The first-order valence-corrected chi connectivity index (χ1v) is 6.76. The molecule has 0 aliphatic rings. The predicted octanol–water partition coefficient (Wildman–Crippen LogP) is 2.27. The summed E-state index contributed by atoms with van der Waals surface area (Å²) in [6.07, 6.45) is 1.79. The van der Waals surface area contributed by atoms with Crippen molar-refractivity contribution < 1.29 is 4.79 Å². The van der Waals surface area contributed by atoms with Gasteiger partial charge in [0.2, 0.25) is 11.9 Å². The van der Waals surface area contributed by atoms with Crippen molar-refractivity contribution in [1.82, 2.24) is 15.0 Å². The third-order valence-corrected chi connectivity index (χ3v) is 3.42. The Morgan fingerprint density at radius 3 is 2.64 bits per heavy atom. The Balaban J connectivity index is 1.89. The highest BCUT2D eigenvalue weighted by atomic mass is 16.2. The molecule has 2 aromatic heterocycles. The molecule has 0 saturated heterocycles. The molecular weight excluding hydrogens is 280 g/mol. The zero-order valence-electron chi connectivity index (χ0n) is 12.3. The summed E-state index contributed by atoms with van der Waals surface area (Å²) < 4.78 is 0. The number of nitrogens with zero attached hydrogens (tertiary/aromatic N) is 3. The van der Waals surface area contributed by atoms with Gasteiger partial charge in [-0.3, -0.25) is 4.79 Å². The molecule has 22 heavy (non-hydrogen) atoms. The Labute approximate surface area is 127 Å². The second-order valence-electron chi connectivity index (χ2n) is 4.92. The Morgan fingerprint density at radius 2 is 1.95 bits per heavy atom. The minimum absolute atomic E-state index is 0.0154. The summed E-state index contributed by atoms with van der Waals surface area (Å²) in [5, 5.41) is 4.07. The van der Waals surface area contributed by atoms with Crippen LogP contribution in [0.4, 0.5) is 23.1 Å². The summed E-state index contributed by atoms with van der Waals surface area (Å²) in [5.74, 6) is 0.820. The molecule has 1 aromatic carbocycles. The fourth-order valence-electron chi connectivity index (χ4n) is 2.14. The molecule has 7 heteroatoms. The van der Waals surface area contributed by atoms with Gasteiger partial charge in [0.1, 0.15) is 11.5 Å². The summed E-state index contributed by atoms with van der Waals surface area (Å²) in [7, 11) is 1.74. The minimum atomic E-state index is -0.0154. The molecule has 0 spiro atoms. The second-order valence-corrected chi connectivity index (χ2v) is 4.92. The van der Waals surface area contributed by atoms with E-state index in [2.05, 4.69) is 20.3 Å². The predicted molar refractivity (Wildman–Crippen MR) is 87.1 cm³/mol. The first-order valence-electron chi connectivity index (χ1n) is 6.76. The lowest BCUT2D eigenvalue weighted by atomic mass is 10.2. The van der Waals surface area contributed by atoms with Crippen LogP contribution < -0.4 is 16.0 Å². The number of amides is 1. The maximum atomic E-state index is 11.4. The van der Waals surface area contributed by atoms with Crippen LogP contribution in [0.1, 0.15) is 6.92 Å². The number of nitrogens with two attached hydrogens (primary N) is 1. The van der Waals surface area contributed by atoms with Gasteiger partial charge in [-0.25, -0.2) is 0 Å². The van der Waals surface area contributed by atoms with E-state index in [1.807, 2.05) is 30.3 Å². The maximum absolute atomic E-state index is 11.4. The van der Waals surface area contributed by atoms with Crippen LogP contribution in [0.15, 0.2) is 36.5 Å². The monoisotopic (exact) mass is 296 g/mol. The molecule has 0 atom stereocenters. The number of anilines is 4. The van der Waals surface area contributed by atoms with E-state index in [4.69, 9.17) is 5.73 Å². The van der Waals surface area contributed by atoms with Crippen molar-refractivity contribution >= 4 is 40.1 Å². The van der Waals surface area contributed by atoms with Crippen molar-refractivity contribution in [1.29, 1.82) is 0 Å². The van der Waals surface area contributed by atoms with Crippen molar-refractivity contribution in [2.24, 2.45) is 0 Å². The van der Waals surface area contributed by atoms with Crippen LogP contribution >= 0.6 is 0 Å². The maximum Gasteiger partial charge on any atom is 0.224 e. The lowest BCUT2D eigenvalue weighted by Crippen LogP contribution is -2.22. The molecule has 0 saturated carbocycles. The first-order chi connectivity index (χ1) is 10.5. The van der Waals surface area contributed by atoms with Gasteiger partial charge in [0.25, 0.3) is 0 Å². The van der Waals surface area contributed by atoms with Crippen LogP contribution in [0.2, 0.25) is 0 Å². The molecule has 1 amide bonds. The van der Waals surface area contributed by atoms with Crippen molar-refractivity contribution in [2.75, 3.05) is 23.0 Å². The quantitative estimate of drug-likeness (QED) is 0.688. The van der Waals surface area contributed by atoms with E-state index in [0.29, 0.717) is 11.5 Å². The Morgan fingerprint density at radius 1 is 1.23 bits per heavy atom. The topological polar surface area (TPSA) is 99.9 Å². The number of benzene rings is 1. The summed E-state index contributed by atoms with van der Waals surface area (Å²) in [4.78, 5) is 24.3. The molecule has 7 nitrogen and oxygen atoms in total. The van der Waals surface area contributed by atoms with Crippen LogP contribution in [-0.2, 0) is 4.79 Å². The number of carbonyl (C=O) groups is 1. The lowest BCUT2D eigenvalue weighted by molar-refractivity contribution is -0.116. The average Bonchev–Trinajstić information content (AvgIpc) is 2.95. The molecule has 3 rings (SSSR count). The summed E-state index contributed by atoms with van der Waals surface area (Å²) >= 11 is 0. The highest BCUT2D eigenvalue weighted by Crippen LogP contribution is 2.25. The number of hydrogen-bond donors (Lipinski definition) is 3. The number of H-pyrrole nitrogens is 1. The number of aromatic amines is 1. The van der Waals surface area contributed by atoms with Gasteiger partial charge in [-0.15, -0.1) is 0 Å². The average molecular weight is 296 g/mol. The van der Waals surface area contributed by atoms with E-state index in [0.717, 1.165) is 16.8 Å². The molecule has 0 radical (unpaired) electrons. The third-order valence-electron chi connectivity index (χ3n) is 3.42. The van der Waals surface area contributed by atoms with Gasteiger partial charge in [-0.05, 0) is 30.3 Å². The van der Waals surface area contributed by atoms with Crippen LogP contribution in [0.3, 0.4) is 0 Å². The zero-order chi connectivity index (χ0) is 15.7. The van der Waals surface area contributed by atoms with Gasteiger partial charge in [-0.1, -0.05) is 0 Å². The highest BCUT2D eigenvalue weighted by Gasteiger charge is 2.08. The van der Waals surface area contributed by atoms with Gasteiger partial charge in [0, 0.05) is 31.5 Å². The summed E-state index contributed by atoms with van der Waals surface area (Å²) in [6, 6.07) is 9.37. The number of hydrogen-bond acceptors (Lipinski definition) is 5. The molecule has 112 valence electrons. The van der Waals surface area contributed by atoms with Crippen molar-refractivity contribution in [3.8, 4) is 0 Å². The fourth-order valence-corrected chi connectivity index (χ4v) is 2.14. The van der Waals surface area contributed by atoms with Crippen LogP contribution in [-0.4, -0.2) is 27.9 Å². The Bertz CT molecular complexity index is 824. The van der Waals surface area contributed by atoms with E-state index in [1.165, 1.54) is 6.92 Å². The van der Waals surface area contributed by atoms with Gasteiger partial charge in [-0.2, -0.15) is 9.97 Å². The molecule has 4 N–H and O–H groups in total. The molecule has 0 aliphatic heterocycles. The zero-order valence-corrected chi connectivity index (χ0v) is 12.3. The van der Waals surface area contributed by atoms with E-state index in [-0.39, 0.29) is 11.9 Å². The van der Waals surface area contributed by atoms with E-state index >= 15 is 0 Å². The van der Waals surface area contributed by atoms with Gasteiger partial charge in [0.05, 0.1) is 5.39 Å². The molecular formula is C15H16N6O. The largest absolute Gasteiger partial charge is 0.368 e. The van der Waals surface area contributed by atoms with Crippen LogP contribution in [0, 0.1) is 0 Å². The van der Waals surface area contributed by atoms with Gasteiger partial charge < -0.3 is 20.9 Å². The fraction of sp³-hybridized carbons (Fsp3) is 0.133. The minimum Gasteiger partial charge on any atom is -0.368 e. The van der Waals surface area contributed by atoms with Gasteiger partial charge in [0.15, 0.2) is 0 Å². The molecule has 0 aliphatic carbocycles. The van der Waals surface area contributed by atoms with Crippen LogP contribution in [0.25, 0.3) is 11.0 Å². The number of aromatic nitrogens is 3. The van der Waals surface area contributed by atoms with E-state index in [1.54, 1.807) is 18.1 Å². The first kappa shape index (κ1) is 13.9. The van der Waals surface area contributed by atoms with Crippen LogP contribution in [0.5, 0.6) is 0 Å². The molecule has 0 bridgehead atoms. The second kappa shape index (κ2) is 5.36. The number of nitrogens with one attached hydrogen (secondary N) is 2.